The molecule has 0 bridgehead atoms. The third-order valence-corrected chi connectivity index (χ3v) is 3.76. The number of fused-ring (bicyclic) bond motifs is 1. The molecule has 2 aromatic carbocycles. The minimum atomic E-state index is -0.679. The Labute approximate surface area is 142 Å². The van der Waals surface area contributed by atoms with E-state index in [4.69, 9.17) is 20.8 Å². The molecule has 0 spiro atoms. The van der Waals surface area contributed by atoms with Crippen molar-refractivity contribution in [2.75, 3.05) is 7.11 Å². The summed E-state index contributed by atoms with van der Waals surface area (Å²) in [6, 6.07) is 13.6. The number of carbonyl (C=O) groups excluding carboxylic acids is 1. The molecule has 0 aliphatic rings. The van der Waals surface area contributed by atoms with Crippen molar-refractivity contribution in [3.05, 3.63) is 81.2 Å². The maximum atomic E-state index is 12.3. The third-order valence-electron chi connectivity index (χ3n) is 3.51. The molecule has 4 nitrogen and oxygen atoms in total. The Balaban J connectivity index is 1.93. The summed E-state index contributed by atoms with van der Waals surface area (Å²) in [4.78, 5) is 24.3. The molecule has 0 saturated carbocycles. The molecule has 5 heteroatoms. The first-order valence-corrected chi connectivity index (χ1v) is 7.54. The lowest BCUT2D eigenvalue weighted by molar-refractivity contribution is 0.104. The third kappa shape index (κ3) is 3.39. The Morgan fingerprint density at radius 2 is 1.88 bits per heavy atom. The lowest BCUT2D eigenvalue weighted by Crippen LogP contribution is -2.11. The molecule has 1 aromatic heterocycles. The number of halogens is 1. The largest absolute Gasteiger partial charge is 0.497 e. The molecule has 0 amide bonds. The average Bonchev–Trinajstić information content (AvgIpc) is 2.59. The predicted octanol–water partition coefficient (Wildman–Crippen LogP) is 4.35. The highest BCUT2D eigenvalue weighted by molar-refractivity contribution is 6.30. The molecule has 120 valence electrons. The highest BCUT2D eigenvalue weighted by Gasteiger charge is 2.11. The van der Waals surface area contributed by atoms with E-state index in [0.29, 0.717) is 21.7 Å². The fourth-order valence-corrected chi connectivity index (χ4v) is 2.35. The van der Waals surface area contributed by atoms with Crippen molar-refractivity contribution in [2.24, 2.45) is 0 Å². The highest BCUT2D eigenvalue weighted by atomic mass is 35.5. The summed E-state index contributed by atoms with van der Waals surface area (Å²) >= 11 is 5.81. The normalized spacial score (nSPS) is 11.1. The van der Waals surface area contributed by atoms with Crippen LogP contribution in [0.15, 0.2) is 63.8 Å². The molecule has 3 rings (SSSR count). The zero-order chi connectivity index (χ0) is 17.1. The average molecular weight is 341 g/mol. The number of methoxy groups -OCH3 is 1. The molecule has 0 unspecified atom stereocenters. The lowest BCUT2D eigenvalue weighted by Gasteiger charge is -2.02. The number of allylic oxidation sites excluding steroid dienone is 1. The van der Waals surface area contributed by atoms with Crippen LogP contribution in [0.25, 0.3) is 17.0 Å². The van der Waals surface area contributed by atoms with Gasteiger partial charge in [-0.1, -0.05) is 29.8 Å². The minimum absolute atomic E-state index is 0.0159. The van der Waals surface area contributed by atoms with Crippen molar-refractivity contribution in [2.45, 2.75) is 0 Å². The zero-order valence-electron chi connectivity index (χ0n) is 12.8. The van der Waals surface area contributed by atoms with Crippen LogP contribution in [0.4, 0.5) is 0 Å². The summed E-state index contributed by atoms with van der Waals surface area (Å²) in [6.07, 6.45) is 2.96. The van der Waals surface area contributed by atoms with Crippen LogP contribution < -0.4 is 10.4 Å². The Bertz CT molecular complexity index is 984. The zero-order valence-corrected chi connectivity index (χ0v) is 13.5. The number of hydrogen-bond donors (Lipinski definition) is 0. The molecular weight excluding hydrogens is 328 g/mol. The smallest absolute Gasteiger partial charge is 0.347 e. The Kier molecular flexibility index (Phi) is 4.49. The standard InChI is InChI=1S/C19H13ClO4/c1-23-15-8-5-13-10-16(19(22)24-18(13)11-15)17(21)9-4-12-2-6-14(20)7-3-12/h2-11H,1H3/b9-4+. The molecule has 0 atom stereocenters. The second-order valence-electron chi connectivity index (χ2n) is 5.10. The number of benzene rings is 2. The molecule has 0 saturated heterocycles. The summed E-state index contributed by atoms with van der Waals surface area (Å²) in [5.74, 6) is 0.156. The number of ether oxygens (including phenoxy) is 1. The molecule has 0 radical (unpaired) electrons. The Hall–Kier alpha value is -2.85. The van der Waals surface area contributed by atoms with Crippen LogP contribution in [-0.2, 0) is 0 Å². The number of rotatable bonds is 4. The first kappa shape index (κ1) is 16.0. The molecule has 3 aromatic rings. The topological polar surface area (TPSA) is 56.5 Å². The quantitative estimate of drug-likeness (QED) is 0.402. The van der Waals surface area contributed by atoms with Gasteiger partial charge in [0.1, 0.15) is 16.9 Å². The van der Waals surface area contributed by atoms with Crippen LogP contribution in [0.5, 0.6) is 5.75 Å². The molecule has 0 fully saturated rings. The van der Waals surface area contributed by atoms with Gasteiger partial charge in [-0.25, -0.2) is 4.79 Å². The number of carbonyl (C=O) groups is 1. The Morgan fingerprint density at radius 1 is 1.12 bits per heavy atom. The van der Waals surface area contributed by atoms with Gasteiger partial charge in [0.2, 0.25) is 0 Å². The van der Waals surface area contributed by atoms with Crippen molar-refractivity contribution in [3.8, 4) is 5.75 Å². The van der Waals surface area contributed by atoms with E-state index < -0.39 is 11.4 Å². The molecule has 0 aliphatic heterocycles. The first-order valence-electron chi connectivity index (χ1n) is 7.17. The van der Waals surface area contributed by atoms with Gasteiger partial charge in [0.05, 0.1) is 7.11 Å². The summed E-state index contributed by atoms with van der Waals surface area (Å²) in [5.41, 5.74) is 0.486. The van der Waals surface area contributed by atoms with Gasteiger partial charge in [-0.15, -0.1) is 0 Å². The van der Waals surface area contributed by atoms with E-state index >= 15 is 0 Å². The molecule has 1 heterocycles. The second kappa shape index (κ2) is 6.72. The van der Waals surface area contributed by atoms with Crippen molar-refractivity contribution in [3.63, 3.8) is 0 Å². The molecule has 0 aliphatic carbocycles. The van der Waals surface area contributed by atoms with Crippen LogP contribution in [-0.4, -0.2) is 12.9 Å². The number of hydrogen-bond acceptors (Lipinski definition) is 4. The fourth-order valence-electron chi connectivity index (χ4n) is 2.23. The lowest BCUT2D eigenvalue weighted by atomic mass is 10.1. The van der Waals surface area contributed by atoms with Crippen LogP contribution in [0.1, 0.15) is 15.9 Å². The van der Waals surface area contributed by atoms with Crippen molar-refractivity contribution >= 4 is 34.4 Å². The maximum Gasteiger partial charge on any atom is 0.347 e. The summed E-state index contributed by atoms with van der Waals surface area (Å²) in [5, 5.41) is 1.27. The van der Waals surface area contributed by atoms with E-state index in [2.05, 4.69) is 0 Å². The fraction of sp³-hybridized carbons (Fsp3) is 0.0526. The van der Waals surface area contributed by atoms with E-state index in [1.165, 1.54) is 19.3 Å². The van der Waals surface area contributed by atoms with Crippen LogP contribution in [0.2, 0.25) is 5.02 Å². The van der Waals surface area contributed by atoms with Gasteiger partial charge >= 0.3 is 5.63 Å². The van der Waals surface area contributed by atoms with Gasteiger partial charge in [-0.3, -0.25) is 4.79 Å². The van der Waals surface area contributed by atoms with Gasteiger partial charge in [0.15, 0.2) is 5.78 Å². The van der Waals surface area contributed by atoms with Gasteiger partial charge in [-0.2, -0.15) is 0 Å². The summed E-state index contributed by atoms with van der Waals surface area (Å²) in [7, 11) is 1.53. The predicted molar refractivity (Wildman–Crippen MR) is 93.9 cm³/mol. The maximum absolute atomic E-state index is 12.3. The highest BCUT2D eigenvalue weighted by Crippen LogP contribution is 2.20. The molecule has 0 N–H and O–H groups in total. The van der Waals surface area contributed by atoms with E-state index in [1.54, 1.807) is 48.5 Å². The van der Waals surface area contributed by atoms with Crippen LogP contribution in [0, 0.1) is 0 Å². The summed E-state index contributed by atoms with van der Waals surface area (Å²) < 4.78 is 10.3. The van der Waals surface area contributed by atoms with E-state index in [1.807, 2.05) is 0 Å². The molecule has 24 heavy (non-hydrogen) atoms. The van der Waals surface area contributed by atoms with Gasteiger partial charge in [-0.05, 0) is 42.0 Å². The van der Waals surface area contributed by atoms with Gasteiger partial charge < -0.3 is 9.15 Å². The number of ketones is 1. The van der Waals surface area contributed by atoms with Crippen LogP contribution >= 0.6 is 11.6 Å². The first-order chi connectivity index (χ1) is 11.6. The monoisotopic (exact) mass is 340 g/mol. The van der Waals surface area contributed by atoms with Crippen LogP contribution in [0.3, 0.4) is 0 Å². The SMILES string of the molecule is COc1ccc2cc(C(=O)/C=C/c3ccc(Cl)cc3)c(=O)oc2c1. The van der Waals surface area contributed by atoms with Gasteiger partial charge in [0.25, 0.3) is 0 Å². The van der Waals surface area contributed by atoms with Crippen molar-refractivity contribution in [1.82, 2.24) is 0 Å². The van der Waals surface area contributed by atoms with E-state index in [-0.39, 0.29) is 5.56 Å². The van der Waals surface area contributed by atoms with Gasteiger partial charge in [0, 0.05) is 16.5 Å². The van der Waals surface area contributed by atoms with Crippen molar-refractivity contribution in [1.29, 1.82) is 0 Å². The Morgan fingerprint density at radius 3 is 2.58 bits per heavy atom. The minimum Gasteiger partial charge on any atom is -0.497 e. The summed E-state index contributed by atoms with van der Waals surface area (Å²) in [6.45, 7) is 0. The van der Waals surface area contributed by atoms with E-state index in [9.17, 15) is 9.59 Å². The van der Waals surface area contributed by atoms with E-state index in [0.717, 1.165) is 5.56 Å². The van der Waals surface area contributed by atoms with Crippen molar-refractivity contribution < 1.29 is 13.9 Å². The molecular formula is C19H13ClO4. The second-order valence-corrected chi connectivity index (χ2v) is 5.54.